The van der Waals surface area contributed by atoms with Crippen molar-refractivity contribution in [1.82, 2.24) is 10.3 Å². The quantitative estimate of drug-likeness (QED) is 0.762. The number of benzene rings is 2. The largest absolute Gasteiger partial charge is 0.307 e. The number of hydrogen-bond acceptors (Lipinski definition) is 2. The first kappa shape index (κ1) is 14.1. The first-order valence-corrected chi connectivity index (χ1v) is 7.49. The van der Waals surface area contributed by atoms with E-state index in [1.165, 1.54) is 21.9 Å². The van der Waals surface area contributed by atoms with Crippen LogP contribution in [0.3, 0.4) is 0 Å². The van der Waals surface area contributed by atoms with Crippen LogP contribution in [0, 0.1) is 0 Å². The van der Waals surface area contributed by atoms with Gasteiger partial charge in [0.1, 0.15) is 0 Å². The van der Waals surface area contributed by atoms with Gasteiger partial charge >= 0.3 is 0 Å². The highest BCUT2D eigenvalue weighted by Crippen LogP contribution is 2.29. The van der Waals surface area contributed by atoms with E-state index in [-0.39, 0.29) is 6.04 Å². The molecule has 3 rings (SSSR count). The van der Waals surface area contributed by atoms with E-state index >= 15 is 0 Å². The molecule has 1 N–H and O–H groups in total. The zero-order chi connectivity index (χ0) is 14.7. The molecular formula is C18H17ClN2. The number of halogens is 1. The molecular weight excluding hydrogens is 280 g/mol. The number of pyridine rings is 1. The average Bonchev–Trinajstić information content (AvgIpc) is 2.53. The molecule has 3 aromatic rings. The number of rotatable bonds is 4. The van der Waals surface area contributed by atoms with Gasteiger partial charge in [-0.25, -0.2) is 0 Å². The van der Waals surface area contributed by atoms with Gasteiger partial charge in [-0.3, -0.25) is 4.98 Å². The Labute approximate surface area is 129 Å². The van der Waals surface area contributed by atoms with Crippen LogP contribution in [0.2, 0.25) is 5.02 Å². The summed E-state index contributed by atoms with van der Waals surface area (Å²) >= 11 is 6.00. The first-order chi connectivity index (χ1) is 10.3. The zero-order valence-corrected chi connectivity index (χ0v) is 12.6. The van der Waals surface area contributed by atoms with E-state index in [1.807, 2.05) is 30.6 Å². The maximum absolute atomic E-state index is 6.00. The Bertz CT molecular complexity index is 732. The monoisotopic (exact) mass is 296 g/mol. The molecule has 2 aromatic carbocycles. The molecule has 0 amide bonds. The molecule has 0 radical (unpaired) electrons. The van der Waals surface area contributed by atoms with Gasteiger partial charge in [0.05, 0.1) is 6.04 Å². The molecule has 1 heterocycles. The standard InChI is InChI=1S/C18H17ClN2/c1-2-21-18(14-6-8-15(19)9-7-14)16-5-3-4-13-10-11-20-12-17(13)16/h3-12,18,21H,2H2,1H3. The minimum atomic E-state index is 0.139. The lowest BCUT2D eigenvalue weighted by molar-refractivity contribution is 0.634. The highest BCUT2D eigenvalue weighted by atomic mass is 35.5. The summed E-state index contributed by atoms with van der Waals surface area (Å²) in [6, 6.07) is 16.6. The van der Waals surface area contributed by atoms with Crippen molar-refractivity contribution >= 4 is 22.4 Å². The second-order valence-corrected chi connectivity index (χ2v) is 5.42. The van der Waals surface area contributed by atoms with Crippen LogP contribution in [-0.4, -0.2) is 11.5 Å². The van der Waals surface area contributed by atoms with Gasteiger partial charge in [-0.2, -0.15) is 0 Å². The molecule has 106 valence electrons. The number of fused-ring (bicyclic) bond motifs is 1. The van der Waals surface area contributed by atoms with Gasteiger partial charge in [0, 0.05) is 22.8 Å². The summed E-state index contributed by atoms with van der Waals surface area (Å²) in [6.07, 6.45) is 3.77. The molecule has 0 aliphatic heterocycles. The lowest BCUT2D eigenvalue weighted by Gasteiger charge is -2.20. The number of hydrogen-bond donors (Lipinski definition) is 1. The van der Waals surface area contributed by atoms with Crippen LogP contribution in [0.1, 0.15) is 24.1 Å². The lowest BCUT2D eigenvalue weighted by atomic mass is 9.94. The maximum Gasteiger partial charge on any atom is 0.0583 e. The molecule has 0 saturated heterocycles. The normalized spacial score (nSPS) is 12.5. The van der Waals surface area contributed by atoms with Gasteiger partial charge in [0.2, 0.25) is 0 Å². The summed E-state index contributed by atoms with van der Waals surface area (Å²) in [5, 5.41) is 6.70. The lowest BCUT2D eigenvalue weighted by Crippen LogP contribution is -2.22. The Morgan fingerprint density at radius 2 is 1.90 bits per heavy atom. The van der Waals surface area contributed by atoms with E-state index in [2.05, 4.69) is 47.6 Å². The maximum atomic E-state index is 6.00. The van der Waals surface area contributed by atoms with Crippen LogP contribution in [-0.2, 0) is 0 Å². The van der Waals surface area contributed by atoms with Crippen molar-refractivity contribution in [2.24, 2.45) is 0 Å². The van der Waals surface area contributed by atoms with E-state index in [0.717, 1.165) is 11.6 Å². The second-order valence-electron chi connectivity index (χ2n) is 4.99. The van der Waals surface area contributed by atoms with Crippen LogP contribution in [0.15, 0.2) is 60.9 Å². The van der Waals surface area contributed by atoms with Crippen LogP contribution >= 0.6 is 11.6 Å². The Kier molecular flexibility index (Phi) is 4.18. The van der Waals surface area contributed by atoms with Crippen molar-refractivity contribution in [1.29, 1.82) is 0 Å². The Balaban J connectivity index is 2.13. The molecule has 0 aliphatic rings. The molecule has 0 fully saturated rings. The summed E-state index contributed by atoms with van der Waals surface area (Å²) in [5.41, 5.74) is 2.45. The predicted molar refractivity (Wildman–Crippen MR) is 88.7 cm³/mol. The molecule has 3 heteroatoms. The molecule has 1 aromatic heterocycles. The molecule has 1 unspecified atom stereocenters. The Morgan fingerprint density at radius 1 is 1.10 bits per heavy atom. The number of nitrogens with one attached hydrogen (secondary N) is 1. The average molecular weight is 297 g/mol. The summed E-state index contributed by atoms with van der Waals surface area (Å²) in [7, 11) is 0. The number of nitrogens with zero attached hydrogens (tertiary/aromatic N) is 1. The van der Waals surface area contributed by atoms with E-state index in [4.69, 9.17) is 11.6 Å². The van der Waals surface area contributed by atoms with Crippen LogP contribution in [0.4, 0.5) is 0 Å². The molecule has 0 saturated carbocycles. The van der Waals surface area contributed by atoms with E-state index in [1.54, 1.807) is 0 Å². The Morgan fingerprint density at radius 3 is 2.67 bits per heavy atom. The van der Waals surface area contributed by atoms with Crippen molar-refractivity contribution in [3.63, 3.8) is 0 Å². The third-order valence-corrected chi connectivity index (χ3v) is 3.89. The van der Waals surface area contributed by atoms with Crippen molar-refractivity contribution in [3.8, 4) is 0 Å². The van der Waals surface area contributed by atoms with E-state index in [9.17, 15) is 0 Å². The van der Waals surface area contributed by atoms with Gasteiger partial charge in [0.15, 0.2) is 0 Å². The van der Waals surface area contributed by atoms with Crippen LogP contribution < -0.4 is 5.32 Å². The smallest absolute Gasteiger partial charge is 0.0583 e. The fraction of sp³-hybridized carbons (Fsp3) is 0.167. The van der Waals surface area contributed by atoms with Crippen LogP contribution in [0.5, 0.6) is 0 Å². The number of aromatic nitrogens is 1. The van der Waals surface area contributed by atoms with Gasteiger partial charge in [-0.05, 0) is 41.3 Å². The van der Waals surface area contributed by atoms with Gasteiger partial charge in [0.25, 0.3) is 0 Å². The van der Waals surface area contributed by atoms with Crippen LogP contribution in [0.25, 0.3) is 10.8 Å². The molecule has 21 heavy (non-hydrogen) atoms. The highest BCUT2D eigenvalue weighted by molar-refractivity contribution is 6.30. The summed E-state index contributed by atoms with van der Waals surface area (Å²) < 4.78 is 0. The fourth-order valence-electron chi connectivity index (χ4n) is 2.66. The van der Waals surface area contributed by atoms with Gasteiger partial charge < -0.3 is 5.32 Å². The van der Waals surface area contributed by atoms with E-state index < -0.39 is 0 Å². The third-order valence-electron chi connectivity index (χ3n) is 3.64. The van der Waals surface area contributed by atoms with Crippen molar-refractivity contribution in [2.45, 2.75) is 13.0 Å². The van der Waals surface area contributed by atoms with E-state index in [0.29, 0.717) is 0 Å². The van der Waals surface area contributed by atoms with Crippen molar-refractivity contribution in [2.75, 3.05) is 6.54 Å². The van der Waals surface area contributed by atoms with Crippen molar-refractivity contribution in [3.05, 3.63) is 77.1 Å². The SMILES string of the molecule is CCNC(c1ccc(Cl)cc1)c1cccc2ccncc12. The minimum absolute atomic E-state index is 0.139. The van der Waals surface area contributed by atoms with Gasteiger partial charge in [-0.15, -0.1) is 0 Å². The van der Waals surface area contributed by atoms with Crippen molar-refractivity contribution < 1.29 is 0 Å². The van der Waals surface area contributed by atoms with Gasteiger partial charge in [-0.1, -0.05) is 48.9 Å². The highest BCUT2D eigenvalue weighted by Gasteiger charge is 2.15. The molecule has 0 aliphatic carbocycles. The first-order valence-electron chi connectivity index (χ1n) is 7.11. The molecule has 2 nitrogen and oxygen atoms in total. The summed E-state index contributed by atoms with van der Waals surface area (Å²) in [4.78, 5) is 4.27. The summed E-state index contributed by atoms with van der Waals surface area (Å²) in [5.74, 6) is 0. The predicted octanol–water partition coefficient (Wildman–Crippen LogP) is 4.59. The molecule has 1 atom stereocenters. The second kappa shape index (κ2) is 6.25. The molecule has 0 spiro atoms. The summed E-state index contributed by atoms with van der Waals surface area (Å²) in [6.45, 7) is 3.01. The topological polar surface area (TPSA) is 24.9 Å². The third kappa shape index (κ3) is 2.92. The Hall–Kier alpha value is -1.90. The fourth-order valence-corrected chi connectivity index (χ4v) is 2.78. The minimum Gasteiger partial charge on any atom is -0.307 e. The molecule has 0 bridgehead atoms. The zero-order valence-electron chi connectivity index (χ0n) is 11.9.